The largest absolute Gasteiger partial charge is 0.476 e. The summed E-state index contributed by atoms with van der Waals surface area (Å²) in [4.78, 5) is 11.9. The van der Waals surface area contributed by atoms with Gasteiger partial charge in [0.05, 0.1) is 18.5 Å². The van der Waals surface area contributed by atoms with Crippen LogP contribution in [-0.4, -0.2) is 39.8 Å². The zero-order valence-electron chi connectivity index (χ0n) is 11.7. The molecule has 6 nitrogen and oxygen atoms in total. The summed E-state index contributed by atoms with van der Waals surface area (Å²) < 4.78 is 30.7. The van der Waals surface area contributed by atoms with Crippen molar-refractivity contribution >= 4 is 21.6 Å². The van der Waals surface area contributed by atoms with Crippen LogP contribution in [0.4, 0.5) is 5.69 Å². The van der Waals surface area contributed by atoms with E-state index in [1.807, 2.05) is 13.0 Å². The highest BCUT2D eigenvalue weighted by Crippen LogP contribution is 2.35. The quantitative estimate of drug-likeness (QED) is 0.889. The molecule has 7 heteroatoms. The van der Waals surface area contributed by atoms with Crippen molar-refractivity contribution in [3.8, 4) is 5.75 Å². The van der Waals surface area contributed by atoms with E-state index in [9.17, 15) is 13.2 Å². The van der Waals surface area contributed by atoms with Crippen molar-refractivity contribution in [2.24, 2.45) is 0 Å². The van der Waals surface area contributed by atoms with Crippen molar-refractivity contribution in [3.63, 3.8) is 0 Å². The van der Waals surface area contributed by atoms with Crippen LogP contribution in [0.5, 0.6) is 5.75 Å². The molecular weight excluding hydrogens is 280 g/mol. The zero-order valence-corrected chi connectivity index (χ0v) is 12.5. The topological polar surface area (TPSA) is 75.7 Å². The Morgan fingerprint density at radius 1 is 1.50 bits per heavy atom. The van der Waals surface area contributed by atoms with Crippen LogP contribution in [0, 0.1) is 6.92 Å². The van der Waals surface area contributed by atoms with Gasteiger partial charge in [-0.1, -0.05) is 6.07 Å². The predicted octanol–water partition coefficient (Wildman–Crippen LogP) is 0.658. The van der Waals surface area contributed by atoms with E-state index in [0.29, 0.717) is 18.0 Å². The molecule has 1 aromatic carbocycles. The summed E-state index contributed by atoms with van der Waals surface area (Å²) in [5, 5.41) is 2.64. The normalized spacial score (nSPS) is 18.1. The van der Waals surface area contributed by atoms with E-state index in [2.05, 4.69) is 5.32 Å². The molecule has 1 heterocycles. The maximum atomic E-state index is 11.9. The van der Waals surface area contributed by atoms with Gasteiger partial charge >= 0.3 is 0 Å². The van der Waals surface area contributed by atoms with Crippen molar-refractivity contribution < 1.29 is 17.9 Å². The molecule has 1 aliphatic heterocycles. The minimum atomic E-state index is -3.46. The fourth-order valence-electron chi connectivity index (χ4n) is 2.10. The lowest BCUT2D eigenvalue weighted by atomic mass is 10.1. The SMILES string of the molecule is CCNC(=O)C1CN(S(C)(=O)=O)c2cc(C)ccc2O1. The average molecular weight is 298 g/mol. The number of rotatable bonds is 3. The van der Waals surface area contributed by atoms with Crippen LogP contribution in [0.3, 0.4) is 0 Å². The molecule has 1 N–H and O–H groups in total. The van der Waals surface area contributed by atoms with Gasteiger partial charge in [-0.05, 0) is 31.5 Å². The number of sulfonamides is 1. The molecule has 1 atom stereocenters. The zero-order chi connectivity index (χ0) is 14.9. The van der Waals surface area contributed by atoms with E-state index in [1.54, 1.807) is 19.1 Å². The Bertz CT molecular complexity index is 627. The number of anilines is 1. The number of nitrogens with zero attached hydrogens (tertiary/aromatic N) is 1. The lowest BCUT2D eigenvalue weighted by molar-refractivity contribution is -0.127. The Hall–Kier alpha value is -1.76. The average Bonchev–Trinajstić information content (AvgIpc) is 2.36. The molecule has 2 rings (SSSR count). The summed E-state index contributed by atoms with van der Waals surface area (Å²) in [7, 11) is -3.46. The predicted molar refractivity (Wildman–Crippen MR) is 76.5 cm³/mol. The number of nitrogens with one attached hydrogen (secondary N) is 1. The molecule has 1 amide bonds. The molecule has 1 unspecified atom stereocenters. The number of likely N-dealkylation sites (N-methyl/N-ethyl adjacent to an activating group) is 1. The number of fused-ring (bicyclic) bond motifs is 1. The Morgan fingerprint density at radius 3 is 2.80 bits per heavy atom. The molecule has 0 aliphatic carbocycles. The minimum absolute atomic E-state index is 0.0128. The first kappa shape index (κ1) is 14.6. The van der Waals surface area contributed by atoms with Gasteiger partial charge in [0.2, 0.25) is 10.0 Å². The highest BCUT2D eigenvalue weighted by atomic mass is 32.2. The van der Waals surface area contributed by atoms with Crippen LogP contribution < -0.4 is 14.4 Å². The lowest BCUT2D eigenvalue weighted by Crippen LogP contribution is -2.50. The third kappa shape index (κ3) is 2.87. The van der Waals surface area contributed by atoms with Crippen LogP contribution in [0.1, 0.15) is 12.5 Å². The monoisotopic (exact) mass is 298 g/mol. The van der Waals surface area contributed by atoms with Crippen LogP contribution in [0.15, 0.2) is 18.2 Å². The number of carbonyl (C=O) groups excluding carboxylic acids is 1. The first-order valence-electron chi connectivity index (χ1n) is 6.35. The van der Waals surface area contributed by atoms with E-state index < -0.39 is 16.1 Å². The molecule has 0 saturated heterocycles. The molecule has 20 heavy (non-hydrogen) atoms. The molecular formula is C13H18N2O4S. The fraction of sp³-hybridized carbons (Fsp3) is 0.462. The van der Waals surface area contributed by atoms with Gasteiger partial charge in [-0.3, -0.25) is 9.10 Å². The van der Waals surface area contributed by atoms with Crippen molar-refractivity contribution in [2.75, 3.05) is 23.7 Å². The second-order valence-corrected chi connectivity index (χ2v) is 6.67. The number of amides is 1. The first-order valence-corrected chi connectivity index (χ1v) is 8.20. The molecule has 0 radical (unpaired) electrons. The molecule has 1 aliphatic rings. The van der Waals surface area contributed by atoms with Gasteiger partial charge in [-0.2, -0.15) is 0 Å². The number of carbonyl (C=O) groups is 1. The van der Waals surface area contributed by atoms with Gasteiger partial charge in [0.15, 0.2) is 6.10 Å². The van der Waals surface area contributed by atoms with Gasteiger partial charge in [0.25, 0.3) is 5.91 Å². The fourth-order valence-corrected chi connectivity index (χ4v) is 3.01. The van der Waals surface area contributed by atoms with Crippen LogP contribution in [0.2, 0.25) is 0 Å². The highest BCUT2D eigenvalue weighted by Gasteiger charge is 2.34. The standard InChI is InChI=1S/C13H18N2O4S/c1-4-14-13(16)12-8-15(20(3,17)18)10-7-9(2)5-6-11(10)19-12/h5-7,12H,4,8H2,1-3H3,(H,14,16). The maximum absolute atomic E-state index is 11.9. The molecule has 1 aromatic rings. The number of hydrogen-bond donors (Lipinski definition) is 1. The lowest BCUT2D eigenvalue weighted by Gasteiger charge is -2.34. The molecule has 0 saturated carbocycles. The summed E-state index contributed by atoms with van der Waals surface area (Å²) in [5.41, 5.74) is 1.41. The number of hydrogen-bond acceptors (Lipinski definition) is 4. The van der Waals surface area contributed by atoms with Gasteiger partial charge in [0.1, 0.15) is 5.75 Å². The Labute approximate surface area is 118 Å². The third-order valence-electron chi connectivity index (χ3n) is 3.03. The molecule has 0 spiro atoms. The van der Waals surface area contributed by atoms with Crippen LogP contribution in [-0.2, 0) is 14.8 Å². The summed E-state index contributed by atoms with van der Waals surface area (Å²) >= 11 is 0. The van der Waals surface area contributed by atoms with Crippen molar-refractivity contribution in [3.05, 3.63) is 23.8 Å². The number of benzene rings is 1. The van der Waals surface area contributed by atoms with Gasteiger partial charge in [0, 0.05) is 6.54 Å². The Morgan fingerprint density at radius 2 is 2.20 bits per heavy atom. The van der Waals surface area contributed by atoms with Crippen molar-refractivity contribution in [1.29, 1.82) is 0 Å². The van der Waals surface area contributed by atoms with E-state index in [-0.39, 0.29) is 12.5 Å². The summed E-state index contributed by atoms with van der Waals surface area (Å²) in [6, 6.07) is 5.25. The number of ether oxygens (including phenoxy) is 1. The van der Waals surface area contributed by atoms with Crippen LogP contribution in [0.25, 0.3) is 0 Å². The van der Waals surface area contributed by atoms with Crippen molar-refractivity contribution in [2.45, 2.75) is 20.0 Å². The van der Waals surface area contributed by atoms with Gasteiger partial charge in [-0.25, -0.2) is 8.42 Å². The summed E-state index contributed by atoms with van der Waals surface area (Å²) in [6.45, 7) is 4.13. The minimum Gasteiger partial charge on any atom is -0.476 e. The van der Waals surface area contributed by atoms with E-state index >= 15 is 0 Å². The van der Waals surface area contributed by atoms with Gasteiger partial charge in [-0.15, -0.1) is 0 Å². The molecule has 0 aromatic heterocycles. The second-order valence-electron chi connectivity index (χ2n) is 4.77. The molecule has 0 fully saturated rings. The summed E-state index contributed by atoms with van der Waals surface area (Å²) in [5.74, 6) is 0.0934. The van der Waals surface area contributed by atoms with Crippen LogP contribution >= 0.6 is 0 Å². The van der Waals surface area contributed by atoms with E-state index in [1.165, 1.54) is 4.31 Å². The van der Waals surface area contributed by atoms with Crippen molar-refractivity contribution in [1.82, 2.24) is 5.32 Å². The third-order valence-corrected chi connectivity index (χ3v) is 4.17. The smallest absolute Gasteiger partial charge is 0.262 e. The molecule has 110 valence electrons. The summed E-state index contributed by atoms with van der Waals surface area (Å²) in [6.07, 6.45) is 0.291. The molecule has 0 bridgehead atoms. The first-order chi connectivity index (χ1) is 9.32. The maximum Gasteiger partial charge on any atom is 0.262 e. The Balaban J connectivity index is 2.42. The van der Waals surface area contributed by atoms with E-state index in [4.69, 9.17) is 4.74 Å². The number of aryl methyl sites for hydroxylation is 1. The van der Waals surface area contributed by atoms with Gasteiger partial charge < -0.3 is 10.1 Å². The van der Waals surface area contributed by atoms with E-state index in [0.717, 1.165) is 11.8 Å². The second kappa shape index (κ2) is 5.32. The highest BCUT2D eigenvalue weighted by molar-refractivity contribution is 7.92. The Kier molecular flexibility index (Phi) is 3.89.